The van der Waals surface area contributed by atoms with Crippen LogP contribution < -0.4 is 0 Å². The maximum atomic E-state index is 11.0. The summed E-state index contributed by atoms with van der Waals surface area (Å²) in [5.74, 6) is 0.718. The molecule has 2 rings (SSSR count). The largest absolute Gasteiger partial charge is 0.478 e. The zero-order valence-electron chi connectivity index (χ0n) is 10.1. The molecule has 2 heterocycles. The molecule has 94 valence electrons. The molecule has 0 radical (unpaired) electrons. The van der Waals surface area contributed by atoms with Crippen LogP contribution in [0.5, 0.6) is 0 Å². The Balaban J connectivity index is 2.05. The van der Waals surface area contributed by atoms with Crippen LogP contribution in [0, 0.1) is 0 Å². The van der Waals surface area contributed by atoms with Gasteiger partial charge in [-0.05, 0) is 19.9 Å². The predicted molar refractivity (Wildman–Crippen MR) is 67.5 cm³/mol. The molecule has 0 atom stereocenters. The van der Waals surface area contributed by atoms with Crippen molar-refractivity contribution in [1.82, 2.24) is 4.90 Å². The van der Waals surface area contributed by atoms with Crippen molar-refractivity contribution in [3.05, 3.63) is 23.7 Å². The summed E-state index contributed by atoms with van der Waals surface area (Å²) in [5.41, 5.74) is 0.279. The Morgan fingerprint density at radius 3 is 3.06 bits per heavy atom. The van der Waals surface area contributed by atoms with Gasteiger partial charge in [0, 0.05) is 23.6 Å². The van der Waals surface area contributed by atoms with Gasteiger partial charge in [0.1, 0.15) is 11.3 Å². The van der Waals surface area contributed by atoms with E-state index >= 15 is 0 Å². The molecule has 0 saturated carbocycles. The Hall–Kier alpha value is -0.940. The summed E-state index contributed by atoms with van der Waals surface area (Å²) in [6, 6.07) is 1.52. The van der Waals surface area contributed by atoms with E-state index < -0.39 is 5.97 Å². The summed E-state index contributed by atoms with van der Waals surface area (Å²) in [7, 11) is 0. The van der Waals surface area contributed by atoms with E-state index in [-0.39, 0.29) is 10.3 Å². The van der Waals surface area contributed by atoms with Gasteiger partial charge in [-0.1, -0.05) is 0 Å². The normalized spacial score (nSPS) is 20.4. The number of rotatable bonds is 3. The van der Waals surface area contributed by atoms with Crippen LogP contribution in [-0.4, -0.2) is 39.6 Å². The summed E-state index contributed by atoms with van der Waals surface area (Å²) in [6.07, 6.45) is 1.45. The third kappa shape index (κ3) is 3.04. The topological polar surface area (TPSA) is 53.7 Å². The Labute approximate surface area is 105 Å². The van der Waals surface area contributed by atoms with Crippen LogP contribution >= 0.6 is 11.8 Å². The predicted octanol–water partition coefficient (Wildman–Crippen LogP) is 2.31. The second-order valence-electron chi connectivity index (χ2n) is 4.88. The molecule has 1 saturated heterocycles. The van der Waals surface area contributed by atoms with Gasteiger partial charge in [0.25, 0.3) is 0 Å². The van der Waals surface area contributed by atoms with Crippen LogP contribution in [0.4, 0.5) is 0 Å². The smallest absolute Gasteiger partial charge is 0.339 e. The second kappa shape index (κ2) is 4.74. The number of aromatic carboxylic acids is 1. The van der Waals surface area contributed by atoms with Crippen molar-refractivity contribution in [2.24, 2.45) is 0 Å². The molecule has 0 spiro atoms. The lowest BCUT2D eigenvalue weighted by Crippen LogP contribution is -2.42. The first-order valence-corrected chi connectivity index (χ1v) is 6.62. The van der Waals surface area contributed by atoms with Gasteiger partial charge in [0.05, 0.1) is 12.8 Å². The summed E-state index contributed by atoms with van der Waals surface area (Å²) >= 11 is 1.96. The van der Waals surface area contributed by atoms with Crippen molar-refractivity contribution in [3.63, 3.8) is 0 Å². The highest BCUT2D eigenvalue weighted by Crippen LogP contribution is 2.30. The molecular weight excluding hydrogens is 238 g/mol. The minimum absolute atomic E-state index is 0.230. The van der Waals surface area contributed by atoms with Crippen LogP contribution in [0.1, 0.15) is 30.0 Å². The first-order chi connectivity index (χ1) is 7.98. The second-order valence-corrected chi connectivity index (χ2v) is 6.68. The van der Waals surface area contributed by atoms with Crippen LogP contribution in [0.2, 0.25) is 0 Å². The van der Waals surface area contributed by atoms with Crippen molar-refractivity contribution in [2.75, 3.05) is 18.8 Å². The fraction of sp³-hybridized carbons (Fsp3) is 0.583. The highest BCUT2D eigenvalue weighted by atomic mass is 32.2. The average molecular weight is 255 g/mol. The number of furan rings is 1. The SMILES string of the molecule is CC1(C)CN(Cc2occc2C(=O)O)CCS1. The number of thioether (sulfide) groups is 1. The number of carbonyl (C=O) groups is 1. The number of carboxylic acid groups (broad SMARTS) is 1. The lowest BCUT2D eigenvalue weighted by Gasteiger charge is -2.37. The van der Waals surface area contributed by atoms with Crippen LogP contribution in [0.25, 0.3) is 0 Å². The van der Waals surface area contributed by atoms with Crippen LogP contribution in [-0.2, 0) is 6.54 Å². The standard InChI is InChI=1S/C12H17NO3S/c1-12(2)8-13(4-6-17-12)7-10-9(11(14)15)3-5-16-10/h3,5H,4,6-8H2,1-2H3,(H,14,15). The van der Waals surface area contributed by atoms with Gasteiger partial charge in [-0.2, -0.15) is 11.8 Å². The molecule has 17 heavy (non-hydrogen) atoms. The number of nitrogens with zero attached hydrogens (tertiary/aromatic N) is 1. The van der Waals surface area contributed by atoms with E-state index in [1.807, 2.05) is 11.8 Å². The first kappa shape index (κ1) is 12.5. The highest BCUT2D eigenvalue weighted by molar-refractivity contribution is 8.00. The van der Waals surface area contributed by atoms with Crippen molar-refractivity contribution in [1.29, 1.82) is 0 Å². The Bertz CT molecular complexity index is 414. The van der Waals surface area contributed by atoms with Gasteiger partial charge >= 0.3 is 5.97 Å². The van der Waals surface area contributed by atoms with Gasteiger partial charge in [0.15, 0.2) is 0 Å². The van der Waals surface area contributed by atoms with E-state index in [9.17, 15) is 4.79 Å². The molecule has 0 amide bonds. The molecule has 1 aromatic rings. The van der Waals surface area contributed by atoms with E-state index in [0.717, 1.165) is 18.8 Å². The molecule has 0 aromatic carbocycles. The van der Waals surface area contributed by atoms with E-state index in [1.54, 1.807) is 0 Å². The Kier molecular flexibility index (Phi) is 3.49. The summed E-state index contributed by atoms with van der Waals surface area (Å²) < 4.78 is 5.50. The molecule has 1 fully saturated rings. The Morgan fingerprint density at radius 1 is 1.65 bits per heavy atom. The molecule has 0 bridgehead atoms. The van der Waals surface area contributed by atoms with Crippen molar-refractivity contribution >= 4 is 17.7 Å². The minimum Gasteiger partial charge on any atom is -0.478 e. The van der Waals surface area contributed by atoms with Gasteiger partial charge in [-0.3, -0.25) is 4.90 Å². The van der Waals surface area contributed by atoms with E-state index in [0.29, 0.717) is 12.3 Å². The van der Waals surface area contributed by atoms with Crippen molar-refractivity contribution in [2.45, 2.75) is 25.1 Å². The van der Waals surface area contributed by atoms with Gasteiger partial charge in [-0.15, -0.1) is 0 Å². The fourth-order valence-electron chi connectivity index (χ4n) is 2.11. The number of hydrogen-bond donors (Lipinski definition) is 1. The molecule has 0 aliphatic carbocycles. The molecule has 1 N–H and O–H groups in total. The fourth-order valence-corrected chi connectivity index (χ4v) is 3.28. The molecular formula is C12H17NO3S. The van der Waals surface area contributed by atoms with Crippen molar-refractivity contribution < 1.29 is 14.3 Å². The lowest BCUT2D eigenvalue weighted by molar-refractivity contribution is 0.0692. The summed E-state index contributed by atoms with van der Waals surface area (Å²) in [4.78, 5) is 13.2. The van der Waals surface area contributed by atoms with Gasteiger partial charge in [-0.25, -0.2) is 4.79 Å². The van der Waals surface area contributed by atoms with Gasteiger partial charge in [0.2, 0.25) is 0 Å². The third-order valence-electron chi connectivity index (χ3n) is 2.85. The van der Waals surface area contributed by atoms with E-state index in [1.165, 1.54) is 12.3 Å². The zero-order valence-corrected chi connectivity index (χ0v) is 10.9. The van der Waals surface area contributed by atoms with Crippen LogP contribution in [0.15, 0.2) is 16.7 Å². The molecule has 5 heteroatoms. The molecule has 1 aliphatic rings. The molecule has 4 nitrogen and oxygen atoms in total. The third-order valence-corrected chi connectivity index (χ3v) is 4.15. The highest BCUT2D eigenvalue weighted by Gasteiger charge is 2.28. The quantitative estimate of drug-likeness (QED) is 0.898. The zero-order chi connectivity index (χ0) is 12.5. The Morgan fingerprint density at radius 2 is 2.41 bits per heavy atom. The number of carboxylic acids is 1. The maximum absolute atomic E-state index is 11.0. The van der Waals surface area contributed by atoms with E-state index in [4.69, 9.17) is 9.52 Å². The molecule has 1 aromatic heterocycles. The average Bonchev–Trinajstić information content (AvgIpc) is 2.64. The minimum atomic E-state index is -0.917. The van der Waals surface area contributed by atoms with E-state index in [2.05, 4.69) is 18.7 Å². The monoisotopic (exact) mass is 255 g/mol. The summed E-state index contributed by atoms with van der Waals surface area (Å²) in [6.45, 7) is 6.94. The first-order valence-electron chi connectivity index (χ1n) is 5.64. The van der Waals surface area contributed by atoms with Crippen LogP contribution in [0.3, 0.4) is 0 Å². The summed E-state index contributed by atoms with van der Waals surface area (Å²) in [5, 5.41) is 9.00. The maximum Gasteiger partial charge on any atom is 0.339 e. The van der Waals surface area contributed by atoms with Gasteiger partial charge < -0.3 is 9.52 Å². The lowest BCUT2D eigenvalue weighted by atomic mass is 10.1. The molecule has 0 unspecified atom stereocenters. The van der Waals surface area contributed by atoms with Crippen molar-refractivity contribution in [3.8, 4) is 0 Å². The number of hydrogen-bond acceptors (Lipinski definition) is 4. The molecule has 1 aliphatic heterocycles.